The van der Waals surface area contributed by atoms with Gasteiger partial charge in [0.05, 0.1) is 26.7 Å². The molecule has 3 rings (SSSR count). The molecule has 0 unspecified atom stereocenters. The Hall–Kier alpha value is -3.28. The average Bonchev–Trinajstić information content (AvgIpc) is 3.32. The highest BCUT2D eigenvalue weighted by Gasteiger charge is 2.36. The number of methoxy groups -OCH3 is 2. The van der Waals surface area contributed by atoms with Crippen molar-refractivity contribution in [1.82, 2.24) is 5.32 Å². The van der Waals surface area contributed by atoms with E-state index in [1.165, 1.54) is 18.4 Å². The van der Waals surface area contributed by atoms with Crippen LogP contribution in [0.5, 0.6) is 11.5 Å². The van der Waals surface area contributed by atoms with Crippen LogP contribution in [0.25, 0.3) is 0 Å². The number of aryl methyl sites for hydroxylation is 1. The van der Waals surface area contributed by atoms with Crippen LogP contribution in [0.4, 0.5) is 0 Å². The molecule has 0 bridgehead atoms. The molecule has 0 radical (unpaired) electrons. The normalized spacial score (nSPS) is 17.6. The molecule has 1 aliphatic carbocycles. The maximum atomic E-state index is 13.0. The van der Waals surface area contributed by atoms with Crippen molar-refractivity contribution >= 4 is 11.9 Å². The van der Waals surface area contributed by atoms with Crippen molar-refractivity contribution in [3.05, 3.63) is 71.3 Å². The van der Waals surface area contributed by atoms with Crippen LogP contribution in [0, 0.1) is 5.92 Å². The largest absolute Gasteiger partial charge is 0.497 e. The summed E-state index contributed by atoms with van der Waals surface area (Å²) in [5.74, 6) is 0.0806. The molecule has 0 fully saturated rings. The van der Waals surface area contributed by atoms with Gasteiger partial charge >= 0.3 is 5.97 Å². The molecular formula is C29H37NO5. The molecule has 6 heteroatoms. The predicted octanol–water partition coefficient (Wildman–Crippen LogP) is 5.46. The molecule has 1 N–H and O–H groups in total. The Balaban J connectivity index is 1.70. The number of allylic oxidation sites excluding steroid dienone is 1. The van der Waals surface area contributed by atoms with E-state index in [0.29, 0.717) is 29.0 Å². The summed E-state index contributed by atoms with van der Waals surface area (Å²) in [5.41, 5.74) is 2.60. The van der Waals surface area contributed by atoms with Crippen LogP contribution in [-0.2, 0) is 16.0 Å². The molecule has 35 heavy (non-hydrogen) atoms. The minimum absolute atomic E-state index is 0.118. The summed E-state index contributed by atoms with van der Waals surface area (Å²) in [6, 6.07) is 13.1. The molecule has 1 amide bonds. The highest BCUT2D eigenvalue weighted by atomic mass is 16.5. The van der Waals surface area contributed by atoms with Crippen LogP contribution in [0.15, 0.2) is 54.6 Å². The fourth-order valence-electron chi connectivity index (χ4n) is 4.58. The molecule has 0 spiro atoms. The van der Waals surface area contributed by atoms with Crippen molar-refractivity contribution < 1.29 is 23.8 Å². The van der Waals surface area contributed by atoms with Gasteiger partial charge in [0.25, 0.3) is 5.91 Å². The maximum Gasteiger partial charge on any atom is 0.314 e. The first-order valence-corrected chi connectivity index (χ1v) is 12.5. The van der Waals surface area contributed by atoms with Crippen molar-refractivity contribution in [3.63, 3.8) is 0 Å². The Labute approximate surface area is 208 Å². The van der Waals surface area contributed by atoms with Gasteiger partial charge in [-0.3, -0.25) is 9.59 Å². The summed E-state index contributed by atoms with van der Waals surface area (Å²) < 4.78 is 16.3. The van der Waals surface area contributed by atoms with Crippen molar-refractivity contribution in [2.45, 2.75) is 57.9 Å². The van der Waals surface area contributed by atoms with E-state index in [9.17, 15) is 9.59 Å². The predicted molar refractivity (Wildman–Crippen MR) is 137 cm³/mol. The van der Waals surface area contributed by atoms with E-state index < -0.39 is 5.92 Å². The number of esters is 1. The van der Waals surface area contributed by atoms with Crippen LogP contribution >= 0.6 is 0 Å². The standard InChI is InChI=1S/C29H37NO5/c1-5-7-8-9-20-10-12-21(13-11-20)28(31)30-23-15-14-22(18-23)27(29(32)35-6-2)25-19-24(33-3)16-17-26(25)34-4/h10-17,19,22-23,27H,5-9,18H2,1-4H3,(H,30,31)/t22-,23-,27+/m1/s1. The monoisotopic (exact) mass is 479 g/mol. The van der Waals surface area contributed by atoms with Crippen LogP contribution in [0.3, 0.4) is 0 Å². The number of ether oxygens (including phenoxy) is 3. The number of hydrogen-bond donors (Lipinski definition) is 1. The van der Waals surface area contributed by atoms with E-state index in [0.717, 1.165) is 12.8 Å². The van der Waals surface area contributed by atoms with E-state index in [2.05, 4.69) is 12.2 Å². The summed E-state index contributed by atoms with van der Waals surface area (Å²) >= 11 is 0. The van der Waals surface area contributed by atoms with Crippen molar-refractivity contribution in [2.75, 3.05) is 20.8 Å². The highest BCUT2D eigenvalue weighted by Crippen LogP contribution is 2.40. The Morgan fingerprint density at radius 3 is 2.43 bits per heavy atom. The second-order valence-electron chi connectivity index (χ2n) is 8.86. The van der Waals surface area contributed by atoms with E-state index >= 15 is 0 Å². The number of carbonyl (C=O) groups is 2. The Kier molecular flexibility index (Phi) is 9.76. The molecule has 188 valence electrons. The Bertz CT molecular complexity index is 1010. The topological polar surface area (TPSA) is 73.9 Å². The lowest BCUT2D eigenvalue weighted by Crippen LogP contribution is -2.34. The first-order chi connectivity index (χ1) is 17.0. The number of benzene rings is 2. The number of nitrogens with one attached hydrogen (secondary N) is 1. The number of rotatable bonds is 12. The average molecular weight is 480 g/mol. The van der Waals surface area contributed by atoms with Gasteiger partial charge in [-0.15, -0.1) is 0 Å². The zero-order chi connectivity index (χ0) is 25.2. The smallest absolute Gasteiger partial charge is 0.314 e. The van der Waals surface area contributed by atoms with Gasteiger partial charge in [-0.05, 0) is 68.0 Å². The lowest BCUT2D eigenvalue weighted by molar-refractivity contribution is -0.146. The molecule has 0 aromatic heterocycles. The summed E-state index contributed by atoms with van der Waals surface area (Å²) in [6.07, 6.45) is 9.14. The zero-order valence-corrected chi connectivity index (χ0v) is 21.2. The third-order valence-corrected chi connectivity index (χ3v) is 6.46. The van der Waals surface area contributed by atoms with Gasteiger partial charge < -0.3 is 19.5 Å². The van der Waals surface area contributed by atoms with E-state index in [1.54, 1.807) is 33.3 Å². The second kappa shape index (κ2) is 13.0. The van der Waals surface area contributed by atoms with Gasteiger partial charge in [-0.1, -0.05) is 44.1 Å². The molecule has 0 saturated carbocycles. The summed E-state index contributed by atoms with van der Waals surface area (Å²) in [6.45, 7) is 4.27. The summed E-state index contributed by atoms with van der Waals surface area (Å²) in [4.78, 5) is 25.9. The minimum Gasteiger partial charge on any atom is -0.497 e. The van der Waals surface area contributed by atoms with E-state index in [-0.39, 0.29) is 30.4 Å². The molecular weight excluding hydrogens is 442 g/mol. The molecule has 0 heterocycles. The maximum absolute atomic E-state index is 13.0. The molecule has 2 aromatic rings. The van der Waals surface area contributed by atoms with Gasteiger partial charge in [0.2, 0.25) is 0 Å². The SMILES string of the molecule is CCCCCc1ccc(C(=O)N[C@@H]2C=C[C@@H]([C@H](C(=O)OCC)c3cc(OC)ccc3OC)C2)cc1. The van der Waals surface area contributed by atoms with Crippen LogP contribution in [-0.4, -0.2) is 38.7 Å². The van der Waals surface area contributed by atoms with Gasteiger partial charge in [0.15, 0.2) is 0 Å². The first-order valence-electron chi connectivity index (χ1n) is 12.5. The molecule has 1 aliphatic rings. The van der Waals surface area contributed by atoms with Crippen LogP contribution < -0.4 is 14.8 Å². The summed E-state index contributed by atoms with van der Waals surface area (Å²) in [5, 5.41) is 3.09. The quantitative estimate of drug-likeness (QED) is 0.249. The molecule has 0 saturated heterocycles. The Morgan fingerprint density at radius 1 is 1.00 bits per heavy atom. The third-order valence-electron chi connectivity index (χ3n) is 6.46. The van der Waals surface area contributed by atoms with Gasteiger partial charge in [-0.25, -0.2) is 0 Å². The highest BCUT2D eigenvalue weighted by molar-refractivity contribution is 5.94. The van der Waals surface area contributed by atoms with Crippen LogP contribution in [0.1, 0.15) is 66.9 Å². The molecule has 6 nitrogen and oxygen atoms in total. The van der Waals surface area contributed by atoms with Gasteiger partial charge in [0, 0.05) is 17.2 Å². The van der Waals surface area contributed by atoms with Crippen molar-refractivity contribution in [3.8, 4) is 11.5 Å². The van der Waals surface area contributed by atoms with E-state index in [1.807, 2.05) is 42.5 Å². The summed E-state index contributed by atoms with van der Waals surface area (Å²) in [7, 11) is 3.17. The number of amides is 1. The first kappa shape index (κ1) is 26.3. The lowest BCUT2D eigenvalue weighted by atomic mass is 9.84. The number of hydrogen-bond acceptors (Lipinski definition) is 5. The number of carbonyl (C=O) groups excluding carboxylic acids is 2. The molecule has 2 aromatic carbocycles. The van der Waals surface area contributed by atoms with Crippen LogP contribution in [0.2, 0.25) is 0 Å². The lowest BCUT2D eigenvalue weighted by Gasteiger charge is -2.24. The van der Waals surface area contributed by atoms with E-state index in [4.69, 9.17) is 14.2 Å². The van der Waals surface area contributed by atoms with Crippen molar-refractivity contribution in [1.29, 1.82) is 0 Å². The fourth-order valence-corrected chi connectivity index (χ4v) is 4.58. The zero-order valence-electron chi connectivity index (χ0n) is 21.2. The minimum atomic E-state index is -0.569. The third kappa shape index (κ3) is 6.87. The second-order valence-corrected chi connectivity index (χ2v) is 8.86. The fraction of sp³-hybridized carbons (Fsp3) is 0.448. The Morgan fingerprint density at radius 2 is 1.77 bits per heavy atom. The molecule has 0 aliphatic heterocycles. The van der Waals surface area contributed by atoms with Gasteiger partial charge in [-0.2, -0.15) is 0 Å². The van der Waals surface area contributed by atoms with Gasteiger partial charge in [0.1, 0.15) is 11.5 Å². The van der Waals surface area contributed by atoms with Crippen molar-refractivity contribution in [2.24, 2.45) is 5.92 Å². The molecule has 3 atom stereocenters. The number of unbranched alkanes of at least 4 members (excludes halogenated alkanes) is 2.